The maximum absolute atomic E-state index is 12.7. The first kappa shape index (κ1) is 19.1. The van der Waals surface area contributed by atoms with E-state index < -0.39 is 18.2 Å². The number of aliphatic hydroxyl groups excluding tert-OH is 1. The van der Waals surface area contributed by atoms with E-state index in [0.29, 0.717) is 18.3 Å². The third-order valence-electron chi connectivity index (χ3n) is 8.51. The van der Waals surface area contributed by atoms with Gasteiger partial charge in [-0.1, -0.05) is 26.0 Å². The summed E-state index contributed by atoms with van der Waals surface area (Å²) in [5.74, 6) is 0.537. The van der Waals surface area contributed by atoms with Crippen molar-refractivity contribution in [2.45, 2.75) is 71.2 Å². The molecule has 4 rings (SSSR count). The maximum atomic E-state index is 12.7. The summed E-state index contributed by atoms with van der Waals surface area (Å²) in [5, 5.41) is 11.1. The zero-order chi connectivity index (χ0) is 19.6. The van der Waals surface area contributed by atoms with Gasteiger partial charge in [0.25, 0.3) is 0 Å². The van der Waals surface area contributed by atoms with E-state index in [0.717, 1.165) is 25.7 Å². The third-order valence-corrected chi connectivity index (χ3v) is 8.51. The van der Waals surface area contributed by atoms with E-state index in [1.807, 2.05) is 0 Å². The van der Waals surface area contributed by atoms with Gasteiger partial charge in [-0.2, -0.15) is 0 Å². The highest BCUT2D eigenvalue weighted by Gasteiger charge is 2.65. The summed E-state index contributed by atoms with van der Waals surface area (Å²) in [4.78, 5) is 24.3. The van der Waals surface area contributed by atoms with Crippen LogP contribution >= 0.6 is 0 Å². The molecule has 1 N–H and O–H groups in total. The first-order valence-corrected chi connectivity index (χ1v) is 10.3. The minimum absolute atomic E-state index is 0.0245. The molecule has 4 aliphatic rings. The van der Waals surface area contributed by atoms with E-state index >= 15 is 0 Å². The molecule has 0 heterocycles. The number of hydrogen-bond donors (Lipinski definition) is 1. The van der Waals surface area contributed by atoms with Gasteiger partial charge in [0, 0.05) is 25.9 Å². The molecule has 5 nitrogen and oxygen atoms in total. The van der Waals surface area contributed by atoms with Gasteiger partial charge in [-0.3, -0.25) is 9.59 Å². The summed E-state index contributed by atoms with van der Waals surface area (Å²) in [6, 6.07) is 0. The van der Waals surface area contributed by atoms with Crippen molar-refractivity contribution < 1.29 is 24.2 Å². The minimum Gasteiger partial charge on any atom is -0.454 e. The molecule has 0 aromatic rings. The molecule has 0 aromatic carbocycles. The molecule has 4 aliphatic carbocycles. The number of rotatable bonds is 2. The third kappa shape index (κ3) is 2.72. The molecular weight excluding hydrogens is 344 g/mol. The largest absolute Gasteiger partial charge is 0.454 e. The number of aliphatic hydroxyl groups is 1. The number of hydrogen-bond acceptors (Lipinski definition) is 5. The molecule has 0 amide bonds. The Morgan fingerprint density at radius 3 is 2.67 bits per heavy atom. The predicted octanol–water partition coefficient (Wildman–Crippen LogP) is 2.90. The van der Waals surface area contributed by atoms with Crippen molar-refractivity contribution in [1.29, 1.82) is 0 Å². The highest BCUT2D eigenvalue weighted by Crippen LogP contribution is 2.65. The van der Waals surface area contributed by atoms with Crippen molar-refractivity contribution in [2.75, 3.05) is 7.11 Å². The summed E-state index contributed by atoms with van der Waals surface area (Å²) < 4.78 is 11.0. The maximum Gasteiger partial charge on any atom is 0.303 e. The average molecular weight is 376 g/mol. The lowest BCUT2D eigenvalue weighted by Gasteiger charge is -2.60. The quantitative estimate of drug-likeness (QED) is 0.593. The standard InChI is InChI=1S/C22H32O5/c1-12(23)27-20-18(25)11-16-19-15(6-8-22(16,20)3)21(2)7-5-14(26-4)9-13(21)10-17(19)24/h5,7,13-17,19-20,24H,6,8-11H2,1-4H3/t13-,14+,15+,16+,17+,19-,20?,21+,22+/m1/s1. The number of carbonyl (C=O) groups excluding carboxylic acids is 2. The van der Waals surface area contributed by atoms with Crippen LogP contribution in [0.15, 0.2) is 12.2 Å². The number of esters is 1. The first-order chi connectivity index (χ1) is 12.7. The second kappa shape index (κ2) is 6.41. The molecule has 3 fully saturated rings. The topological polar surface area (TPSA) is 72.8 Å². The summed E-state index contributed by atoms with van der Waals surface area (Å²) in [6.45, 7) is 5.79. The van der Waals surface area contributed by atoms with E-state index in [2.05, 4.69) is 26.0 Å². The summed E-state index contributed by atoms with van der Waals surface area (Å²) in [5.41, 5.74) is -0.329. The normalized spacial score (nSPS) is 51.3. The lowest BCUT2D eigenvalue weighted by molar-refractivity contribution is -0.171. The summed E-state index contributed by atoms with van der Waals surface area (Å²) >= 11 is 0. The number of allylic oxidation sites excluding steroid dienone is 1. The van der Waals surface area contributed by atoms with Gasteiger partial charge < -0.3 is 14.6 Å². The number of fused-ring (bicyclic) bond motifs is 5. The molecular formula is C22H32O5. The van der Waals surface area contributed by atoms with Crippen molar-refractivity contribution in [3.8, 4) is 0 Å². The van der Waals surface area contributed by atoms with Gasteiger partial charge in [0.05, 0.1) is 12.2 Å². The van der Waals surface area contributed by atoms with E-state index in [9.17, 15) is 14.7 Å². The number of ether oxygens (including phenoxy) is 2. The zero-order valence-electron chi connectivity index (χ0n) is 16.8. The smallest absolute Gasteiger partial charge is 0.303 e. The molecule has 0 saturated heterocycles. The molecule has 3 saturated carbocycles. The van der Waals surface area contributed by atoms with Gasteiger partial charge in [0.2, 0.25) is 0 Å². The Bertz CT molecular complexity index is 672. The fraction of sp³-hybridized carbons (Fsp3) is 0.818. The molecule has 0 aromatic heterocycles. The fourth-order valence-corrected chi connectivity index (χ4v) is 7.04. The van der Waals surface area contributed by atoms with Crippen molar-refractivity contribution in [3.05, 3.63) is 12.2 Å². The van der Waals surface area contributed by atoms with E-state index in [-0.39, 0.29) is 34.6 Å². The van der Waals surface area contributed by atoms with Gasteiger partial charge in [0.15, 0.2) is 11.9 Å². The van der Waals surface area contributed by atoms with E-state index in [1.54, 1.807) is 7.11 Å². The summed E-state index contributed by atoms with van der Waals surface area (Å²) in [6.07, 6.45) is 7.49. The van der Waals surface area contributed by atoms with Gasteiger partial charge >= 0.3 is 5.97 Å². The number of ketones is 1. The Morgan fingerprint density at radius 1 is 1.26 bits per heavy atom. The highest BCUT2D eigenvalue weighted by atomic mass is 16.5. The molecule has 0 aliphatic heterocycles. The Labute approximate surface area is 161 Å². The summed E-state index contributed by atoms with van der Waals surface area (Å²) in [7, 11) is 1.74. The molecule has 27 heavy (non-hydrogen) atoms. The van der Waals surface area contributed by atoms with E-state index in [4.69, 9.17) is 9.47 Å². The SMILES string of the molecule is CO[C@H]1C=C[C@@]2(C)[C@H](C1)C[C@H](O)[C@@H]1[C@@H]2CC[C@]2(C)C(OC(C)=O)C(=O)C[C@@H]12. The van der Waals surface area contributed by atoms with Crippen molar-refractivity contribution in [1.82, 2.24) is 0 Å². The van der Waals surface area contributed by atoms with Crippen LogP contribution in [0.1, 0.15) is 52.9 Å². The Balaban J connectivity index is 1.67. The number of methoxy groups -OCH3 is 1. The minimum atomic E-state index is -0.654. The Morgan fingerprint density at radius 2 is 2.00 bits per heavy atom. The second-order valence-corrected chi connectivity index (χ2v) is 9.73. The van der Waals surface area contributed by atoms with Gasteiger partial charge in [-0.15, -0.1) is 0 Å². The molecule has 150 valence electrons. The van der Waals surface area contributed by atoms with Gasteiger partial charge in [-0.05, 0) is 54.8 Å². The van der Waals surface area contributed by atoms with Crippen LogP contribution in [-0.4, -0.2) is 42.3 Å². The van der Waals surface area contributed by atoms with Crippen LogP contribution in [0.25, 0.3) is 0 Å². The van der Waals surface area contributed by atoms with E-state index in [1.165, 1.54) is 6.92 Å². The van der Waals surface area contributed by atoms with Crippen LogP contribution in [0, 0.1) is 34.5 Å². The fourth-order valence-electron chi connectivity index (χ4n) is 7.04. The van der Waals surface area contributed by atoms with Gasteiger partial charge in [-0.25, -0.2) is 0 Å². The zero-order valence-corrected chi connectivity index (χ0v) is 16.8. The van der Waals surface area contributed by atoms with Crippen LogP contribution in [0.3, 0.4) is 0 Å². The van der Waals surface area contributed by atoms with Gasteiger partial charge in [0.1, 0.15) is 0 Å². The number of carbonyl (C=O) groups is 2. The monoisotopic (exact) mass is 376 g/mol. The highest BCUT2D eigenvalue weighted by molar-refractivity contribution is 5.89. The van der Waals surface area contributed by atoms with Crippen molar-refractivity contribution >= 4 is 11.8 Å². The average Bonchev–Trinajstić information content (AvgIpc) is 2.86. The van der Waals surface area contributed by atoms with Crippen LogP contribution in [-0.2, 0) is 19.1 Å². The molecule has 1 unspecified atom stereocenters. The predicted molar refractivity (Wildman–Crippen MR) is 99.8 cm³/mol. The molecule has 9 atom stereocenters. The van der Waals surface area contributed by atoms with Crippen molar-refractivity contribution in [3.63, 3.8) is 0 Å². The molecule has 0 bridgehead atoms. The molecule has 0 spiro atoms. The van der Waals surface area contributed by atoms with Crippen LogP contribution in [0.2, 0.25) is 0 Å². The van der Waals surface area contributed by atoms with Crippen LogP contribution < -0.4 is 0 Å². The van der Waals surface area contributed by atoms with Crippen molar-refractivity contribution in [2.24, 2.45) is 34.5 Å². The van der Waals surface area contributed by atoms with Crippen LogP contribution in [0.5, 0.6) is 0 Å². The lowest BCUT2D eigenvalue weighted by Crippen LogP contribution is -2.58. The first-order valence-electron chi connectivity index (χ1n) is 10.3. The molecule has 5 heteroatoms. The number of Topliss-reactive ketones (excluding diaryl/α,β-unsaturated/α-hetero) is 1. The molecule has 0 radical (unpaired) electrons. The van der Waals surface area contributed by atoms with Crippen LogP contribution in [0.4, 0.5) is 0 Å². The second-order valence-electron chi connectivity index (χ2n) is 9.73. The lowest BCUT2D eigenvalue weighted by atomic mass is 9.45. The Hall–Kier alpha value is -1.20. The Kier molecular flexibility index (Phi) is 4.54.